The van der Waals surface area contributed by atoms with Crippen LogP contribution in [-0.4, -0.2) is 25.0 Å². The molecule has 4 aliphatic rings. The summed E-state index contributed by atoms with van der Waals surface area (Å²) in [5, 5.41) is 6.67. The number of piperidine rings is 1. The zero-order valence-electron chi connectivity index (χ0n) is 9.61. The lowest BCUT2D eigenvalue weighted by molar-refractivity contribution is -0.126. The average molecular weight is 220 g/mol. The van der Waals surface area contributed by atoms with Gasteiger partial charge in [-0.05, 0) is 42.9 Å². The van der Waals surface area contributed by atoms with E-state index >= 15 is 0 Å². The minimum atomic E-state index is 0.369. The normalized spacial score (nSPS) is 52.8. The number of nitrogens with one attached hydrogen (secondary N) is 2. The van der Waals surface area contributed by atoms with Gasteiger partial charge in [-0.25, -0.2) is 0 Å². The van der Waals surface area contributed by atoms with Gasteiger partial charge < -0.3 is 10.6 Å². The summed E-state index contributed by atoms with van der Waals surface area (Å²) < 4.78 is 0. The maximum Gasteiger partial charge on any atom is 0.223 e. The minimum Gasteiger partial charge on any atom is -0.352 e. The van der Waals surface area contributed by atoms with Crippen LogP contribution in [0.25, 0.3) is 0 Å². The smallest absolute Gasteiger partial charge is 0.223 e. The van der Waals surface area contributed by atoms with Gasteiger partial charge in [0, 0.05) is 25.0 Å². The number of carbonyl (C=O) groups excluding carboxylic acids is 1. The number of hydrogen-bond acceptors (Lipinski definition) is 2. The fourth-order valence-electron chi connectivity index (χ4n) is 4.47. The molecule has 1 saturated heterocycles. The fraction of sp³-hybridized carbons (Fsp3) is 0.923. The molecular weight excluding hydrogens is 200 g/mol. The van der Waals surface area contributed by atoms with E-state index in [1.54, 1.807) is 0 Å². The Bertz CT molecular complexity index is 320. The Kier molecular flexibility index (Phi) is 1.90. The second-order valence-corrected chi connectivity index (χ2v) is 6.30. The molecule has 0 spiro atoms. The molecule has 16 heavy (non-hydrogen) atoms. The lowest BCUT2D eigenvalue weighted by Gasteiger charge is -2.21. The molecule has 1 heterocycles. The molecule has 0 aromatic rings. The third-order valence-electron chi connectivity index (χ3n) is 5.48. The first-order chi connectivity index (χ1) is 7.83. The van der Waals surface area contributed by atoms with Gasteiger partial charge in [-0.1, -0.05) is 6.42 Å². The zero-order valence-corrected chi connectivity index (χ0v) is 9.61. The first kappa shape index (κ1) is 9.46. The molecular formula is C13H20N2O. The Hall–Kier alpha value is -0.570. The first-order valence-electron chi connectivity index (χ1n) is 6.84. The fourth-order valence-corrected chi connectivity index (χ4v) is 4.47. The first-order valence-corrected chi connectivity index (χ1v) is 6.84. The molecule has 4 rings (SSSR count). The molecule has 3 heteroatoms. The van der Waals surface area contributed by atoms with Crippen molar-refractivity contribution in [3.63, 3.8) is 0 Å². The summed E-state index contributed by atoms with van der Waals surface area (Å²) >= 11 is 0. The van der Waals surface area contributed by atoms with Gasteiger partial charge in [-0.3, -0.25) is 4.79 Å². The lowest BCUT2D eigenvalue weighted by atomic mass is 9.88. The highest BCUT2D eigenvalue weighted by molar-refractivity contribution is 5.80. The minimum absolute atomic E-state index is 0.369. The van der Waals surface area contributed by atoms with E-state index in [1.807, 2.05) is 0 Å². The van der Waals surface area contributed by atoms with Gasteiger partial charge in [0.25, 0.3) is 0 Å². The summed E-state index contributed by atoms with van der Waals surface area (Å²) in [6.07, 6.45) is 5.20. The van der Waals surface area contributed by atoms with Crippen LogP contribution < -0.4 is 10.6 Å². The van der Waals surface area contributed by atoms with E-state index in [4.69, 9.17) is 0 Å². The second kappa shape index (κ2) is 3.22. The molecule has 1 amide bonds. The van der Waals surface area contributed by atoms with Crippen molar-refractivity contribution in [2.75, 3.05) is 13.1 Å². The third kappa shape index (κ3) is 1.27. The number of carbonyl (C=O) groups is 1. The molecule has 88 valence electrons. The van der Waals surface area contributed by atoms with E-state index in [0.717, 1.165) is 36.8 Å². The Morgan fingerprint density at radius 3 is 2.56 bits per heavy atom. The molecule has 4 fully saturated rings. The number of rotatable bonds is 2. The number of amides is 1. The van der Waals surface area contributed by atoms with Crippen molar-refractivity contribution in [2.24, 2.45) is 29.6 Å². The third-order valence-corrected chi connectivity index (χ3v) is 5.48. The summed E-state index contributed by atoms with van der Waals surface area (Å²) in [4.78, 5) is 12.2. The molecule has 0 aromatic heterocycles. The predicted octanol–water partition coefficient (Wildman–Crippen LogP) is 0.757. The van der Waals surface area contributed by atoms with Gasteiger partial charge in [0.1, 0.15) is 0 Å². The van der Waals surface area contributed by atoms with Crippen LogP contribution >= 0.6 is 0 Å². The Morgan fingerprint density at radius 2 is 1.94 bits per heavy atom. The molecule has 1 aliphatic heterocycles. The predicted molar refractivity (Wildman–Crippen MR) is 60.7 cm³/mol. The molecule has 3 saturated carbocycles. The van der Waals surface area contributed by atoms with Gasteiger partial charge in [0.2, 0.25) is 5.91 Å². The van der Waals surface area contributed by atoms with Crippen LogP contribution in [0.15, 0.2) is 0 Å². The maximum absolute atomic E-state index is 12.2. The number of fused-ring (bicyclic) bond motifs is 3. The molecule has 3 aliphatic carbocycles. The van der Waals surface area contributed by atoms with Crippen LogP contribution in [0.4, 0.5) is 0 Å². The van der Waals surface area contributed by atoms with Gasteiger partial charge in [-0.2, -0.15) is 0 Å². The van der Waals surface area contributed by atoms with E-state index in [0.29, 0.717) is 17.9 Å². The quantitative estimate of drug-likeness (QED) is 0.721. The van der Waals surface area contributed by atoms with E-state index in [9.17, 15) is 4.79 Å². The molecule has 5 atom stereocenters. The molecule has 3 nitrogen and oxygen atoms in total. The average Bonchev–Trinajstić information content (AvgIpc) is 2.83. The lowest BCUT2D eigenvalue weighted by Crippen LogP contribution is -2.38. The van der Waals surface area contributed by atoms with Crippen molar-refractivity contribution >= 4 is 5.91 Å². The highest BCUT2D eigenvalue weighted by Crippen LogP contribution is 2.49. The van der Waals surface area contributed by atoms with Crippen molar-refractivity contribution in [3.8, 4) is 0 Å². The summed E-state index contributed by atoms with van der Waals surface area (Å²) in [6, 6.07) is 0.521. The molecule has 5 unspecified atom stereocenters. The van der Waals surface area contributed by atoms with Crippen molar-refractivity contribution < 1.29 is 4.79 Å². The summed E-state index contributed by atoms with van der Waals surface area (Å²) in [7, 11) is 0. The van der Waals surface area contributed by atoms with Gasteiger partial charge >= 0.3 is 0 Å². The maximum atomic E-state index is 12.2. The van der Waals surface area contributed by atoms with Gasteiger partial charge in [0.05, 0.1) is 0 Å². The Balaban J connectivity index is 1.37. The van der Waals surface area contributed by atoms with Crippen LogP contribution in [0.2, 0.25) is 0 Å². The van der Waals surface area contributed by atoms with Gasteiger partial charge in [-0.15, -0.1) is 0 Å². The summed E-state index contributed by atoms with van der Waals surface area (Å²) in [5.74, 6) is 3.85. The monoisotopic (exact) mass is 220 g/mol. The number of hydrogen-bond donors (Lipinski definition) is 2. The van der Waals surface area contributed by atoms with Crippen LogP contribution in [0, 0.1) is 29.6 Å². The van der Waals surface area contributed by atoms with E-state index < -0.39 is 0 Å². The van der Waals surface area contributed by atoms with E-state index in [2.05, 4.69) is 10.6 Å². The largest absolute Gasteiger partial charge is 0.352 e. The molecule has 2 bridgehead atoms. The van der Waals surface area contributed by atoms with E-state index in [-0.39, 0.29) is 0 Å². The summed E-state index contributed by atoms with van der Waals surface area (Å²) in [5.41, 5.74) is 0. The molecule has 0 aromatic carbocycles. The van der Waals surface area contributed by atoms with E-state index in [1.165, 1.54) is 25.7 Å². The second-order valence-electron chi connectivity index (χ2n) is 6.30. The topological polar surface area (TPSA) is 41.1 Å². The van der Waals surface area contributed by atoms with Crippen LogP contribution in [0.5, 0.6) is 0 Å². The highest BCUT2D eigenvalue weighted by Gasteiger charge is 2.54. The van der Waals surface area contributed by atoms with Gasteiger partial charge in [0.15, 0.2) is 0 Å². The highest BCUT2D eigenvalue weighted by atomic mass is 16.2. The van der Waals surface area contributed by atoms with Crippen molar-refractivity contribution in [1.29, 1.82) is 0 Å². The Morgan fingerprint density at radius 1 is 1.12 bits per heavy atom. The SMILES string of the molecule is O=C(NC1C2CNCC21)C1CC2CCC1C2. The van der Waals surface area contributed by atoms with Crippen molar-refractivity contribution in [1.82, 2.24) is 10.6 Å². The van der Waals surface area contributed by atoms with Crippen molar-refractivity contribution in [2.45, 2.75) is 31.7 Å². The van der Waals surface area contributed by atoms with Crippen LogP contribution in [-0.2, 0) is 4.79 Å². The van der Waals surface area contributed by atoms with Crippen LogP contribution in [0.1, 0.15) is 25.7 Å². The molecule has 0 radical (unpaired) electrons. The zero-order chi connectivity index (χ0) is 10.7. The molecule has 2 N–H and O–H groups in total. The Labute approximate surface area is 96.4 Å². The summed E-state index contributed by atoms with van der Waals surface area (Å²) in [6.45, 7) is 2.23. The van der Waals surface area contributed by atoms with Crippen LogP contribution in [0.3, 0.4) is 0 Å². The van der Waals surface area contributed by atoms with Crippen molar-refractivity contribution in [3.05, 3.63) is 0 Å². The standard InChI is InChI=1S/C13H20N2O/c16-13(9-4-7-1-2-8(9)3-7)15-12-10-5-14-6-11(10)12/h7-12,14H,1-6H2,(H,15,16).